The van der Waals surface area contributed by atoms with Gasteiger partial charge in [-0.25, -0.2) is 18.8 Å². The molecule has 98 heavy (non-hydrogen) atoms. The lowest BCUT2D eigenvalue weighted by atomic mass is 10.0. The van der Waals surface area contributed by atoms with Crippen LogP contribution in [0, 0.1) is 0 Å². The predicted molar refractivity (Wildman–Crippen MR) is 362 cm³/mol. The number of hydrogen-bond donors (Lipinski definition) is 5. The number of ether oxygens (including phenoxy) is 6. The van der Waals surface area contributed by atoms with Gasteiger partial charge in [-0.2, -0.15) is 25.5 Å². The zero-order valence-corrected chi connectivity index (χ0v) is 52.8. The van der Waals surface area contributed by atoms with E-state index >= 15 is 0 Å². The number of nitrogens with two attached hydrogens (primary N) is 1. The van der Waals surface area contributed by atoms with Crippen LogP contribution in [0.1, 0.15) is 97.0 Å². The van der Waals surface area contributed by atoms with Gasteiger partial charge in [0.2, 0.25) is 23.5 Å². The minimum absolute atomic E-state index is 0.0448. The molecule has 28 nitrogen and oxygen atoms in total. The Morgan fingerprint density at radius 2 is 1.11 bits per heavy atom. The number of primary amides is 1. The number of piperidine rings is 1. The first kappa shape index (κ1) is 60.5. The van der Waals surface area contributed by atoms with Crippen LogP contribution in [0.25, 0.3) is 103 Å². The predicted octanol–water partition coefficient (Wildman–Crippen LogP) is 8.67. The van der Waals surface area contributed by atoms with Crippen molar-refractivity contribution in [1.82, 2.24) is 84.9 Å². The second-order valence-corrected chi connectivity index (χ2v) is 23.9. The molecule has 0 unspecified atom stereocenters. The van der Waals surface area contributed by atoms with E-state index in [-0.39, 0.29) is 57.2 Å². The number of aromatic amines is 1. The maximum Gasteiger partial charge on any atom is 0.335 e. The van der Waals surface area contributed by atoms with Crippen LogP contribution < -0.4 is 44.8 Å². The van der Waals surface area contributed by atoms with Crippen LogP contribution in [0.2, 0.25) is 0 Å². The number of H-pyrrole nitrogens is 1. The van der Waals surface area contributed by atoms with Crippen LogP contribution in [-0.2, 0) is 13.7 Å². The maximum absolute atomic E-state index is 13.9. The van der Waals surface area contributed by atoms with E-state index in [4.69, 9.17) is 69.5 Å². The highest BCUT2D eigenvalue weighted by Crippen LogP contribution is 2.39. The lowest BCUT2D eigenvalue weighted by Crippen LogP contribution is -2.42. The highest BCUT2D eigenvalue weighted by molar-refractivity contribution is 5.98. The van der Waals surface area contributed by atoms with Gasteiger partial charge in [-0.1, -0.05) is 12.1 Å². The van der Waals surface area contributed by atoms with Crippen LogP contribution in [0.4, 0.5) is 0 Å². The zero-order chi connectivity index (χ0) is 66.4. The van der Waals surface area contributed by atoms with E-state index in [0.717, 1.165) is 31.3 Å². The molecule has 28 heteroatoms. The summed E-state index contributed by atoms with van der Waals surface area (Å²) in [7, 11) is 1.80. The van der Waals surface area contributed by atoms with Crippen LogP contribution in [0.5, 0.6) is 34.9 Å². The van der Waals surface area contributed by atoms with Gasteiger partial charge >= 0.3 is 5.97 Å². The number of aromatic nitrogens is 15. The molecule has 3 aromatic carbocycles. The number of aromatic carboxylic acids is 1. The van der Waals surface area contributed by atoms with Gasteiger partial charge in [-0.05, 0) is 123 Å². The Bertz CT molecular complexity index is 5240. The number of nitrogens with one attached hydrogen (secondary N) is 3. The van der Waals surface area contributed by atoms with Crippen molar-refractivity contribution in [2.75, 3.05) is 52.7 Å². The topological polar surface area (TPSA) is 333 Å². The minimum atomic E-state index is -1.05. The van der Waals surface area contributed by atoms with E-state index in [0.29, 0.717) is 167 Å². The smallest absolute Gasteiger partial charge is 0.335 e. The molecule has 1 fully saturated rings. The van der Waals surface area contributed by atoms with Crippen LogP contribution in [-0.4, -0.2) is 156 Å². The fourth-order valence-corrected chi connectivity index (χ4v) is 12.4. The van der Waals surface area contributed by atoms with Gasteiger partial charge in [0.05, 0.1) is 144 Å². The van der Waals surface area contributed by atoms with Crippen LogP contribution in [0.15, 0.2) is 110 Å². The Morgan fingerprint density at radius 1 is 0.541 bits per heavy atom. The molecular formula is C70H62N18O10. The molecule has 6 bridgehead atoms. The molecule has 4 aliphatic rings. The first-order chi connectivity index (χ1) is 48.0. The van der Waals surface area contributed by atoms with Gasteiger partial charge in [0.1, 0.15) is 29.4 Å². The van der Waals surface area contributed by atoms with Gasteiger partial charge in [-0.15, -0.1) is 14.7 Å². The SMILES string of the molecule is Cn1ncc2c1OCCCOc1cc(C(N)=O)ccc1/C=C/c1nn(-n3ncc4c3OCCCOc3cc(C(=O)NC5CCNCC5)ccc3/C=C/c3nn(Cn5ncc6c5OCCCOc5ccc(C(=O)O)cc5/C=C/c5n[nH]c7cnc-6cc57)c5cnc-4cc35)c3cnc-2cc13. The summed E-state index contributed by atoms with van der Waals surface area (Å²) in [6.45, 7) is 3.14. The van der Waals surface area contributed by atoms with E-state index in [1.165, 1.54) is 6.07 Å². The molecule has 0 radical (unpaired) electrons. The van der Waals surface area contributed by atoms with Gasteiger partial charge in [0.25, 0.3) is 5.91 Å². The van der Waals surface area contributed by atoms with E-state index in [1.54, 1.807) is 116 Å². The molecule has 9 aromatic heterocycles. The van der Waals surface area contributed by atoms with Gasteiger partial charge < -0.3 is 49.9 Å². The van der Waals surface area contributed by atoms with Crippen molar-refractivity contribution >= 4 is 86.9 Å². The van der Waals surface area contributed by atoms with Gasteiger partial charge in [-0.3, -0.25) is 29.6 Å². The van der Waals surface area contributed by atoms with Crippen molar-refractivity contribution in [1.29, 1.82) is 0 Å². The quantitative estimate of drug-likeness (QED) is 0.0996. The summed E-state index contributed by atoms with van der Waals surface area (Å²) in [5.41, 5.74) is 15.7. The summed E-state index contributed by atoms with van der Waals surface area (Å²) < 4.78 is 44.2. The molecule has 12 aromatic rings. The second kappa shape index (κ2) is 25.7. The number of amides is 2. The summed E-state index contributed by atoms with van der Waals surface area (Å²) in [4.78, 5) is 56.4. The molecule has 0 saturated carbocycles. The number of carbonyl (C=O) groups excluding carboxylic acids is 2. The summed E-state index contributed by atoms with van der Waals surface area (Å²) in [6.07, 6.45) is 24.5. The summed E-state index contributed by atoms with van der Waals surface area (Å²) >= 11 is 0. The number of carboxylic acid groups (broad SMARTS) is 1. The molecule has 492 valence electrons. The van der Waals surface area contributed by atoms with Gasteiger partial charge in [0, 0.05) is 76.3 Å². The molecule has 1 saturated heterocycles. The minimum Gasteiger partial charge on any atom is -0.493 e. The fourth-order valence-electron chi connectivity index (χ4n) is 12.4. The number of aryl methyl sites for hydroxylation is 1. The highest BCUT2D eigenvalue weighted by atomic mass is 16.5. The molecule has 0 atom stereocenters. The average Bonchev–Trinajstić information content (AvgIpc) is 1.58. The van der Waals surface area contributed by atoms with E-state index in [2.05, 4.69) is 25.9 Å². The molecule has 0 spiro atoms. The zero-order valence-electron chi connectivity index (χ0n) is 52.8. The monoisotopic (exact) mass is 1310 g/mol. The van der Waals surface area contributed by atoms with Crippen molar-refractivity contribution in [3.8, 4) is 68.7 Å². The Kier molecular flexibility index (Phi) is 15.9. The van der Waals surface area contributed by atoms with Crippen LogP contribution in [0.3, 0.4) is 0 Å². The Morgan fingerprint density at radius 3 is 1.85 bits per heavy atom. The van der Waals surface area contributed by atoms with Crippen molar-refractivity contribution in [3.05, 3.63) is 160 Å². The molecule has 0 aliphatic carbocycles. The van der Waals surface area contributed by atoms with E-state index in [9.17, 15) is 19.5 Å². The highest BCUT2D eigenvalue weighted by Gasteiger charge is 2.27. The van der Waals surface area contributed by atoms with Crippen molar-refractivity contribution < 1.29 is 47.9 Å². The Labute approximate surface area is 556 Å². The largest absolute Gasteiger partial charge is 0.493 e. The Balaban J connectivity index is 0.802. The van der Waals surface area contributed by atoms with Gasteiger partial charge in [0.15, 0.2) is 0 Å². The third-order valence-corrected chi connectivity index (χ3v) is 17.5. The summed E-state index contributed by atoms with van der Waals surface area (Å²) in [6, 6.07) is 21.1. The second-order valence-electron chi connectivity index (χ2n) is 23.9. The fraction of sp³-hybridized carbons (Fsp3) is 0.229. The van der Waals surface area contributed by atoms with E-state index < -0.39 is 11.9 Å². The molecule has 13 heterocycles. The lowest BCUT2D eigenvalue weighted by Gasteiger charge is -2.23. The molecule has 4 aliphatic heterocycles. The maximum atomic E-state index is 13.9. The summed E-state index contributed by atoms with van der Waals surface area (Å²) in [5, 5.41) is 51.1. The van der Waals surface area contributed by atoms with Crippen molar-refractivity contribution in [2.24, 2.45) is 12.8 Å². The lowest BCUT2D eigenvalue weighted by molar-refractivity contribution is 0.0696. The molecule has 16 rings (SSSR count). The normalized spacial score (nSPS) is 16.0. The number of carboxylic acids is 1. The molecular weight excluding hydrogens is 1250 g/mol. The number of pyridine rings is 3. The molecule has 6 N–H and O–H groups in total. The first-order valence-corrected chi connectivity index (χ1v) is 32.1. The number of rotatable bonds is 7. The number of fused-ring (bicyclic) bond motifs is 12. The standard InChI is InChI=1S/C70H62N18O10/c1-84-67-50(33-76-84)57-32-49-55(15-10-40-5-7-43(65(71)89)28-63(40)94-22-3-24-96-67)83-87(61(49)38-75-57)88-69-52(35-78-88)58-31-48-54(14-9-41-6-8-44(29-64(41)95-23-4-26-98-69)66(90)79-46-17-19-72-20-18-46)82-85(60(48)37-74-58)39-86-68-51(34-77-86)56-30-47-53(80-81-59(47)36-73-56)13-11-42-27-45(70(91)92)12-16-62(42)93-21-2-25-97-68/h5-16,27-38,46,72H,2-4,17-26,39H2,1H3,(H2,71,89)(H,79,90)(H,80,81)(H,91,92)/b13-11+,14-9+,15-10+. The van der Waals surface area contributed by atoms with Crippen LogP contribution >= 0.6 is 0 Å². The number of carbonyl (C=O) groups is 3. The van der Waals surface area contributed by atoms with Crippen molar-refractivity contribution in [2.45, 2.75) is 44.8 Å². The third-order valence-electron chi connectivity index (χ3n) is 17.5. The first-order valence-electron chi connectivity index (χ1n) is 32.1. The number of benzene rings is 3. The molecule has 2 amide bonds. The number of hydrogen-bond acceptors (Lipinski definition) is 19. The Hall–Kier alpha value is -12.5. The number of nitrogens with zero attached hydrogens (tertiary/aromatic N) is 14. The third kappa shape index (κ3) is 11.7. The van der Waals surface area contributed by atoms with Crippen molar-refractivity contribution in [3.63, 3.8) is 0 Å². The summed E-state index contributed by atoms with van der Waals surface area (Å²) in [5.74, 6) is 0.873. The van der Waals surface area contributed by atoms with E-state index in [1.807, 2.05) is 54.6 Å². The average molecular weight is 1320 g/mol.